The van der Waals surface area contributed by atoms with E-state index in [0.717, 1.165) is 0 Å². The average Bonchev–Trinajstić information content (AvgIpc) is 2.80. The van der Waals surface area contributed by atoms with Gasteiger partial charge >= 0.3 is 0 Å². The SMILES string of the molecule is CCCC(c1ccccc1)c1cccs1. The van der Waals surface area contributed by atoms with E-state index in [0.29, 0.717) is 5.92 Å². The Hall–Kier alpha value is -1.08. The van der Waals surface area contributed by atoms with Crippen molar-refractivity contribution in [3.05, 3.63) is 58.3 Å². The van der Waals surface area contributed by atoms with E-state index in [1.54, 1.807) is 0 Å². The fourth-order valence-electron chi connectivity index (χ4n) is 1.94. The second-order valence-electron chi connectivity index (χ2n) is 3.77. The van der Waals surface area contributed by atoms with Crippen molar-refractivity contribution in [1.82, 2.24) is 0 Å². The van der Waals surface area contributed by atoms with Gasteiger partial charge in [-0.15, -0.1) is 11.3 Å². The van der Waals surface area contributed by atoms with Crippen LogP contribution in [0.1, 0.15) is 36.1 Å². The van der Waals surface area contributed by atoms with Crippen molar-refractivity contribution in [3.8, 4) is 0 Å². The minimum absolute atomic E-state index is 0.594. The van der Waals surface area contributed by atoms with Crippen LogP contribution in [0.4, 0.5) is 0 Å². The Morgan fingerprint density at radius 3 is 2.47 bits per heavy atom. The molecule has 0 aliphatic heterocycles. The summed E-state index contributed by atoms with van der Waals surface area (Å²) in [4.78, 5) is 1.49. The van der Waals surface area contributed by atoms with Crippen molar-refractivity contribution >= 4 is 11.3 Å². The summed E-state index contributed by atoms with van der Waals surface area (Å²) >= 11 is 1.87. The highest BCUT2D eigenvalue weighted by Gasteiger charge is 2.13. The third kappa shape index (κ3) is 2.48. The minimum atomic E-state index is 0.594. The van der Waals surface area contributed by atoms with Gasteiger partial charge in [-0.3, -0.25) is 0 Å². The molecule has 1 heteroatoms. The summed E-state index contributed by atoms with van der Waals surface area (Å²) in [5.41, 5.74) is 1.45. The van der Waals surface area contributed by atoms with Crippen molar-refractivity contribution in [3.63, 3.8) is 0 Å². The predicted octanol–water partition coefficient (Wildman–Crippen LogP) is 4.68. The second-order valence-corrected chi connectivity index (χ2v) is 4.75. The first kappa shape index (κ1) is 10.4. The molecule has 0 bridgehead atoms. The third-order valence-corrected chi connectivity index (χ3v) is 3.65. The molecular formula is C14H16S. The van der Waals surface area contributed by atoms with E-state index in [1.165, 1.54) is 23.3 Å². The maximum absolute atomic E-state index is 2.25. The summed E-state index contributed by atoms with van der Waals surface area (Å²) in [6, 6.07) is 15.2. The van der Waals surface area contributed by atoms with Gasteiger partial charge in [-0.05, 0) is 23.4 Å². The van der Waals surface area contributed by atoms with Gasteiger partial charge in [0.2, 0.25) is 0 Å². The van der Waals surface area contributed by atoms with E-state index in [4.69, 9.17) is 0 Å². The van der Waals surface area contributed by atoms with Crippen LogP contribution < -0.4 is 0 Å². The zero-order valence-electron chi connectivity index (χ0n) is 9.02. The van der Waals surface area contributed by atoms with Crippen molar-refractivity contribution in [2.75, 3.05) is 0 Å². The first-order valence-corrected chi connectivity index (χ1v) is 6.38. The van der Waals surface area contributed by atoms with Crippen LogP contribution in [-0.4, -0.2) is 0 Å². The molecule has 0 spiro atoms. The van der Waals surface area contributed by atoms with E-state index in [1.807, 2.05) is 11.3 Å². The molecule has 1 heterocycles. The Bertz CT molecular complexity index is 375. The molecule has 1 aromatic heterocycles. The average molecular weight is 216 g/mol. The lowest BCUT2D eigenvalue weighted by molar-refractivity contribution is 0.708. The lowest BCUT2D eigenvalue weighted by atomic mass is 9.93. The molecule has 0 N–H and O–H groups in total. The summed E-state index contributed by atoms with van der Waals surface area (Å²) in [5, 5.41) is 2.17. The van der Waals surface area contributed by atoms with E-state index >= 15 is 0 Å². The molecule has 1 unspecified atom stereocenters. The summed E-state index contributed by atoms with van der Waals surface area (Å²) in [5.74, 6) is 0.594. The maximum Gasteiger partial charge on any atom is 0.0183 e. The summed E-state index contributed by atoms with van der Waals surface area (Å²) in [7, 11) is 0. The Labute approximate surface area is 95.6 Å². The first-order valence-electron chi connectivity index (χ1n) is 5.50. The Morgan fingerprint density at radius 2 is 1.87 bits per heavy atom. The van der Waals surface area contributed by atoms with E-state index in [-0.39, 0.29) is 0 Å². The standard InChI is InChI=1S/C14H16S/c1-2-7-13(14-10-6-11-15-14)12-8-4-3-5-9-12/h3-6,8-11,13H,2,7H2,1H3. The van der Waals surface area contributed by atoms with Crippen LogP contribution in [0, 0.1) is 0 Å². The number of thiophene rings is 1. The number of hydrogen-bond donors (Lipinski definition) is 0. The van der Waals surface area contributed by atoms with Crippen LogP contribution in [0.15, 0.2) is 47.8 Å². The van der Waals surface area contributed by atoms with Gasteiger partial charge in [0.1, 0.15) is 0 Å². The highest BCUT2D eigenvalue weighted by atomic mass is 32.1. The summed E-state index contributed by atoms with van der Waals surface area (Å²) < 4.78 is 0. The largest absolute Gasteiger partial charge is 0.148 e. The van der Waals surface area contributed by atoms with E-state index < -0.39 is 0 Å². The third-order valence-electron chi connectivity index (χ3n) is 2.67. The van der Waals surface area contributed by atoms with Crippen LogP contribution >= 0.6 is 11.3 Å². The Kier molecular flexibility index (Phi) is 3.57. The van der Waals surface area contributed by atoms with Crippen LogP contribution in [0.3, 0.4) is 0 Å². The van der Waals surface area contributed by atoms with Gasteiger partial charge in [-0.1, -0.05) is 49.7 Å². The highest BCUT2D eigenvalue weighted by molar-refractivity contribution is 7.10. The van der Waals surface area contributed by atoms with Gasteiger partial charge in [0.05, 0.1) is 0 Å². The van der Waals surface area contributed by atoms with Gasteiger partial charge in [-0.2, -0.15) is 0 Å². The highest BCUT2D eigenvalue weighted by Crippen LogP contribution is 2.31. The normalized spacial score (nSPS) is 12.6. The molecular weight excluding hydrogens is 200 g/mol. The zero-order valence-corrected chi connectivity index (χ0v) is 9.84. The molecule has 0 radical (unpaired) electrons. The molecule has 0 saturated heterocycles. The van der Waals surface area contributed by atoms with Crippen LogP contribution in [0.25, 0.3) is 0 Å². The van der Waals surface area contributed by atoms with Crippen LogP contribution in [0.2, 0.25) is 0 Å². The minimum Gasteiger partial charge on any atom is -0.148 e. The second kappa shape index (κ2) is 5.13. The molecule has 0 aliphatic carbocycles. The monoisotopic (exact) mass is 216 g/mol. The fraction of sp³-hybridized carbons (Fsp3) is 0.286. The topological polar surface area (TPSA) is 0 Å². The van der Waals surface area contributed by atoms with Crippen molar-refractivity contribution in [2.24, 2.45) is 0 Å². The molecule has 0 amide bonds. The van der Waals surface area contributed by atoms with Gasteiger partial charge in [-0.25, -0.2) is 0 Å². The zero-order chi connectivity index (χ0) is 10.5. The van der Waals surface area contributed by atoms with E-state index in [9.17, 15) is 0 Å². The quantitative estimate of drug-likeness (QED) is 0.696. The van der Waals surface area contributed by atoms with Crippen LogP contribution in [0.5, 0.6) is 0 Å². The van der Waals surface area contributed by atoms with Gasteiger partial charge < -0.3 is 0 Å². The molecule has 0 saturated carbocycles. The van der Waals surface area contributed by atoms with Crippen molar-refractivity contribution in [1.29, 1.82) is 0 Å². The molecule has 0 fully saturated rings. The molecule has 2 aromatic rings. The first-order chi connectivity index (χ1) is 7.42. The molecule has 0 nitrogen and oxygen atoms in total. The summed E-state index contributed by atoms with van der Waals surface area (Å²) in [6.07, 6.45) is 2.47. The van der Waals surface area contributed by atoms with E-state index in [2.05, 4.69) is 54.8 Å². The van der Waals surface area contributed by atoms with Crippen molar-refractivity contribution in [2.45, 2.75) is 25.7 Å². The molecule has 15 heavy (non-hydrogen) atoms. The van der Waals surface area contributed by atoms with Gasteiger partial charge in [0.15, 0.2) is 0 Å². The molecule has 78 valence electrons. The molecule has 1 aromatic carbocycles. The fourth-order valence-corrected chi connectivity index (χ4v) is 2.83. The molecule has 0 aliphatic rings. The smallest absolute Gasteiger partial charge is 0.0183 e. The molecule has 1 atom stereocenters. The number of hydrogen-bond acceptors (Lipinski definition) is 1. The maximum atomic E-state index is 2.25. The number of benzene rings is 1. The lowest BCUT2D eigenvalue weighted by Crippen LogP contribution is -1.97. The van der Waals surface area contributed by atoms with Crippen LogP contribution in [-0.2, 0) is 0 Å². The van der Waals surface area contributed by atoms with Gasteiger partial charge in [0, 0.05) is 10.8 Å². The number of rotatable bonds is 4. The molecule has 2 rings (SSSR count). The Balaban J connectivity index is 2.28. The lowest BCUT2D eigenvalue weighted by Gasteiger charge is -2.14. The predicted molar refractivity (Wildman–Crippen MR) is 67.5 cm³/mol. The van der Waals surface area contributed by atoms with Gasteiger partial charge in [0.25, 0.3) is 0 Å². The Morgan fingerprint density at radius 1 is 1.07 bits per heavy atom. The summed E-state index contributed by atoms with van der Waals surface area (Å²) in [6.45, 7) is 2.25. The van der Waals surface area contributed by atoms with Crippen molar-refractivity contribution < 1.29 is 0 Å².